The van der Waals surface area contributed by atoms with Crippen molar-refractivity contribution in [3.8, 4) is 5.75 Å². The summed E-state index contributed by atoms with van der Waals surface area (Å²) in [4.78, 5) is 23.7. The molecule has 1 aliphatic carbocycles. The Morgan fingerprint density at radius 3 is 2.48 bits per heavy atom. The number of carbonyl (C=O) groups is 2. The third-order valence-corrected chi connectivity index (χ3v) is 4.40. The average molecular weight is 287 g/mol. The van der Waals surface area contributed by atoms with Crippen LogP contribution >= 0.6 is 0 Å². The third-order valence-electron chi connectivity index (χ3n) is 4.40. The van der Waals surface area contributed by atoms with Crippen molar-refractivity contribution in [3.63, 3.8) is 0 Å². The first-order valence-corrected chi connectivity index (χ1v) is 7.80. The Hall–Kier alpha value is -1.84. The zero-order chi connectivity index (χ0) is 14.7. The number of nitrogens with one attached hydrogen (secondary N) is 1. The average Bonchev–Trinajstić information content (AvgIpc) is 3.12. The molecule has 0 spiro atoms. The number of hydrogen-bond acceptors (Lipinski definition) is 3. The second-order valence-corrected chi connectivity index (χ2v) is 5.99. The normalized spacial score (nSPS) is 22.3. The van der Waals surface area contributed by atoms with Gasteiger partial charge in [-0.2, -0.15) is 0 Å². The maximum Gasteiger partial charge on any atom is 0.261 e. The quantitative estimate of drug-likeness (QED) is 0.847. The predicted molar refractivity (Wildman–Crippen MR) is 79.4 cm³/mol. The second kappa shape index (κ2) is 6.29. The molecule has 0 aromatic heterocycles. The van der Waals surface area contributed by atoms with Crippen LogP contribution in [0.4, 0.5) is 0 Å². The van der Waals surface area contributed by atoms with Gasteiger partial charge in [-0.3, -0.25) is 9.59 Å². The number of ketones is 1. The van der Waals surface area contributed by atoms with Crippen LogP contribution < -0.4 is 10.1 Å². The summed E-state index contributed by atoms with van der Waals surface area (Å²) in [5, 5.41) is 2.74. The molecular formula is C17H21NO3. The molecule has 2 aliphatic rings. The molecular weight excluding hydrogens is 266 g/mol. The molecule has 1 amide bonds. The number of benzene rings is 1. The van der Waals surface area contributed by atoms with Crippen LogP contribution in [-0.2, 0) is 4.79 Å². The minimum Gasteiger partial charge on any atom is -0.481 e. The number of ether oxygens (including phenoxy) is 1. The first kappa shape index (κ1) is 14.1. The lowest BCUT2D eigenvalue weighted by Gasteiger charge is -2.12. The largest absolute Gasteiger partial charge is 0.481 e. The SMILES string of the molecule is O=C(CC1CCCC1)c1ccc(O[C@@H]2CCNC2=O)cc1. The molecule has 4 nitrogen and oxygen atoms in total. The topological polar surface area (TPSA) is 55.4 Å². The van der Waals surface area contributed by atoms with Crippen molar-refractivity contribution in [2.45, 2.75) is 44.6 Å². The van der Waals surface area contributed by atoms with E-state index in [1.807, 2.05) is 0 Å². The molecule has 1 aliphatic heterocycles. The van der Waals surface area contributed by atoms with Gasteiger partial charge in [0.15, 0.2) is 11.9 Å². The van der Waals surface area contributed by atoms with Crippen LogP contribution in [0.1, 0.15) is 48.9 Å². The van der Waals surface area contributed by atoms with Gasteiger partial charge < -0.3 is 10.1 Å². The Kier molecular flexibility index (Phi) is 4.23. The van der Waals surface area contributed by atoms with Crippen LogP contribution in [0.3, 0.4) is 0 Å². The fraction of sp³-hybridized carbons (Fsp3) is 0.529. The zero-order valence-electron chi connectivity index (χ0n) is 12.1. The van der Waals surface area contributed by atoms with E-state index in [1.165, 1.54) is 25.7 Å². The summed E-state index contributed by atoms with van der Waals surface area (Å²) in [7, 11) is 0. The van der Waals surface area contributed by atoms with Crippen LogP contribution in [0.25, 0.3) is 0 Å². The summed E-state index contributed by atoms with van der Waals surface area (Å²) in [5.41, 5.74) is 0.741. The maximum absolute atomic E-state index is 12.2. The molecule has 112 valence electrons. The van der Waals surface area contributed by atoms with E-state index in [2.05, 4.69) is 5.32 Å². The molecule has 1 saturated carbocycles. The number of carbonyl (C=O) groups excluding carboxylic acids is 2. The predicted octanol–water partition coefficient (Wildman–Crippen LogP) is 2.72. The molecule has 21 heavy (non-hydrogen) atoms. The van der Waals surface area contributed by atoms with Gasteiger partial charge in [-0.15, -0.1) is 0 Å². The Labute approximate surface area is 124 Å². The molecule has 1 saturated heterocycles. The van der Waals surface area contributed by atoms with Crippen molar-refractivity contribution >= 4 is 11.7 Å². The van der Waals surface area contributed by atoms with Gasteiger partial charge in [-0.05, 0) is 30.2 Å². The van der Waals surface area contributed by atoms with Crippen molar-refractivity contribution in [1.29, 1.82) is 0 Å². The van der Waals surface area contributed by atoms with Crippen LogP contribution in [0.5, 0.6) is 5.75 Å². The first-order valence-electron chi connectivity index (χ1n) is 7.80. The number of amides is 1. The number of rotatable bonds is 5. The van der Waals surface area contributed by atoms with E-state index in [-0.39, 0.29) is 11.7 Å². The smallest absolute Gasteiger partial charge is 0.261 e. The summed E-state index contributed by atoms with van der Waals surface area (Å²) in [6, 6.07) is 7.18. The van der Waals surface area contributed by atoms with E-state index < -0.39 is 6.10 Å². The Morgan fingerprint density at radius 2 is 1.86 bits per heavy atom. The summed E-state index contributed by atoms with van der Waals surface area (Å²) in [5.74, 6) is 1.37. The Bertz CT molecular complexity index is 517. The molecule has 1 aromatic rings. The van der Waals surface area contributed by atoms with Gasteiger partial charge in [-0.25, -0.2) is 0 Å². The Balaban J connectivity index is 1.58. The van der Waals surface area contributed by atoms with Gasteiger partial charge in [0.25, 0.3) is 5.91 Å². The van der Waals surface area contributed by atoms with Gasteiger partial charge in [0.05, 0.1) is 0 Å². The summed E-state index contributed by atoms with van der Waals surface area (Å²) >= 11 is 0. The molecule has 0 bridgehead atoms. The van der Waals surface area contributed by atoms with Crippen LogP contribution in [0, 0.1) is 5.92 Å². The minimum absolute atomic E-state index is 0.0589. The fourth-order valence-electron chi connectivity index (χ4n) is 3.16. The summed E-state index contributed by atoms with van der Waals surface area (Å²) in [6.07, 6.45) is 5.84. The zero-order valence-corrected chi connectivity index (χ0v) is 12.1. The van der Waals surface area contributed by atoms with Crippen LogP contribution in [-0.4, -0.2) is 24.3 Å². The summed E-state index contributed by atoms with van der Waals surface area (Å²) < 4.78 is 5.63. The van der Waals surface area contributed by atoms with Crippen molar-refractivity contribution in [1.82, 2.24) is 5.32 Å². The lowest BCUT2D eigenvalue weighted by molar-refractivity contribution is -0.124. The highest BCUT2D eigenvalue weighted by atomic mass is 16.5. The molecule has 0 unspecified atom stereocenters. The lowest BCUT2D eigenvalue weighted by atomic mass is 9.97. The molecule has 1 aromatic carbocycles. The first-order chi connectivity index (χ1) is 10.2. The number of Topliss-reactive ketones (excluding diaryl/α,β-unsaturated/α-hetero) is 1. The van der Waals surface area contributed by atoms with Gasteiger partial charge in [0.2, 0.25) is 0 Å². The van der Waals surface area contributed by atoms with Gasteiger partial charge in [0, 0.05) is 24.9 Å². The standard InChI is InChI=1S/C17H21NO3/c19-15(11-12-3-1-2-4-12)13-5-7-14(8-6-13)21-16-9-10-18-17(16)20/h5-8,12,16H,1-4,9-11H2,(H,18,20)/t16-/m1/s1. The molecule has 1 atom stereocenters. The molecule has 1 N–H and O–H groups in total. The second-order valence-electron chi connectivity index (χ2n) is 5.99. The van der Waals surface area contributed by atoms with E-state index in [4.69, 9.17) is 4.74 Å². The van der Waals surface area contributed by atoms with E-state index in [0.29, 0.717) is 31.1 Å². The number of hydrogen-bond donors (Lipinski definition) is 1. The Morgan fingerprint density at radius 1 is 1.14 bits per heavy atom. The van der Waals surface area contributed by atoms with Gasteiger partial charge >= 0.3 is 0 Å². The van der Waals surface area contributed by atoms with Gasteiger partial charge in [0.1, 0.15) is 5.75 Å². The van der Waals surface area contributed by atoms with E-state index >= 15 is 0 Å². The van der Waals surface area contributed by atoms with Crippen LogP contribution in [0.2, 0.25) is 0 Å². The molecule has 0 radical (unpaired) electrons. The molecule has 4 heteroatoms. The van der Waals surface area contributed by atoms with Crippen molar-refractivity contribution in [2.75, 3.05) is 6.54 Å². The van der Waals surface area contributed by atoms with Crippen molar-refractivity contribution < 1.29 is 14.3 Å². The highest BCUT2D eigenvalue weighted by molar-refractivity contribution is 5.96. The van der Waals surface area contributed by atoms with Gasteiger partial charge in [-0.1, -0.05) is 25.7 Å². The van der Waals surface area contributed by atoms with E-state index in [1.54, 1.807) is 24.3 Å². The minimum atomic E-state index is -0.398. The van der Waals surface area contributed by atoms with Crippen molar-refractivity contribution in [2.24, 2.45) is 5.92 Å². The highest BCUT2D eigenvalue weighted by Gasteiger charge is 2.26. The van der Waals surface area contributed by atoms with Crippen molar-refractivity contribution in [3.05, 3.63) is 29.8 Å². The monoisotopic (exact) mass is 287 g/mol. The summed E-state index contributed by atoms with van der Waals surface area (Å²) in [6.45, 7) is 0.668. The fourth-order valence-corrected chi connectivity index (χ4v) is 3.16. The van der Waals surface area contributed by atoms with E-state index in [9.17, 15) is 9.59 Å². The molecule has 2 fully saturated rings. The molecule has 3 rings (SSSR count). The maximum atomic E-state index is 12.2. The highest BCUT2D eigenvalue weighted by Crippen LogP contribution is 2.29. The lowest BCUT2D eigenvalue weighted by Crippen LogP contribution is -2.27. The molecule has 1 heterocycles. The third kappa shape index (κ3) is 3.43. The van der Waals surface area contributed by atoms with Crippen LogP contribution in [0.15, 0.2) is 24.3 Å². The van der Waals surface area contributed by atoms with E-state index in [0.717, 1.165) is 5.56 Å².